The minimum Gasteiger partial charge on any atom is -0.478 e. The highest BCUT2D eigenvalue weighted by atomic mass is 16.4. The molecule has 0 radical (unpaired) electrons. The molecule has 0 heterocycles. The SMILES string of the molecule is C=C(CC=C(CCCCCCC)C(=O)O)C(=O)O. The van der Waals surface area contributed by atoms with Crippen LogP contribution in [0.15, 0.2) is 23.8 Å². The molecule has 0 aliphatic heterocycles. The minimum absolute atomic E-state index is 0.0136. The second-order valence-electron chi connectivity index (χ2n) is 4.31. The van der Waals surface area contributed by atoms with Gasteiger partial charge in [-0.05, 0) is 19.3 Å². The van der Waals surface area contributed by atoms with Crippen LogP contribution in [-0.2, 0) is 9.59 Å². The maximum Gasteiger partial charge on any atom is 0.331 e. The molecule has 18 heavy (non-hydrogen) atoms. The Morgan fingerprint density at radius 3 is 2.17 bits per heavy atom. The van der Waals surface area contributed by atoms with Crippen molar-refractivity contribution in [2.24, 2.45) is 0 Å². The molecule has 0 atom stereocenters. The van der Waals surface area contributed by atoms with Gasteiger partial charge in [0.25, 0.3) is 0 Å². The summed E-state index contributed by atoms with van der Waals surface area (Å²) in [7, 11) is 0. The first-order valence-electron chi connectivity index (χ1n) is 6.32. The molecule has 0 saturated carbocycles. The lowest BCUT2D eigenvalue weighted by Crippen LogP contribution is -2.03. The largest absolute Gasteiger partial charge is 0.478 e. The second-order valence-corrected chi connectivity index (χ2v) is 4.31. The van der Waals surface area contributed by atoms with E-state index in [9.17, 15) is 9.59 Å². The molecule has 2 N–H and O–H groups in total. The lowest BCUT2D eigenvalue weighted by atomic mass is 10.0. The molecule has 0 aliphatic rings. The van der Waals surface area contributed by atoms with Crippen LogP contribution in [-0.4, -0.2) is 22.2 Å². The molecule has 0 aliphatic carbocycles. The molecule has 4 nitrogen and oxygen atoms in total. The van der Waals surface area contributed by atoms with E-state index in [4.69, 9.17) is 10.2 Å². The lowest BCUT2D eigenvalue weighted by Gasteiger charge is -2.03. The van der Waals surface area contributed by atoms with Crippen molar-refractivity contribution in [2.75, 3.05) is 0 Å². The Kier molecular flexibility index (Phi) is 8.62. The van der Waals surface area contributed by atoms with Crippen LogP contribution in [0, 0.1) is 0 Å². The van der Waals surface area contributed by atoms with Crippen LogP contribution in [0.25, 0.3) is 0 Å². The molecule has 0 unspecified atom stereocenters. The van der Waals surface area contributed by atoms with Crippen molar-refractivity contribution >= 4 is 11.9 Å². The Balaban J connectivity index is 4.14. The van der Waals surface area contributed by atoms with Crippen molar-refractivity contribution in [3.8, 4) is 0 Å². The van der Waals surface area contributed by atoms with Crippen molar-refractivity contribution < 1.29 is 19.8 Å². The maximum absolute atomic E-state index is 11.0. The van der Waals surface area contributed by atoms with Crippen LogP contribution in [0.2, 0.25) is 0 Å². The summed E-state index contributed by atoms with van der Waals surface area (Å²) in [6, 6.07) is 0. The van der Waals surface area contributed by atoms with Crippen LogP contribution < -0.4 is 0 Å². The molecule has 0 bridgehead atoms. The topological polar surface area (TPSA) is 74.6 Å². The van der Waals surface area contributed by atoms with Crippen molar-refractivity contribution in [2.45, 2.75) is 51.9 Å². The van der Waals surface area contributed by atoms with Gasteiger partial charge in [0.1, 0.15) is 0 Å². The van der Waals surface area contributed by atoms with E-state index < -0.39 is 11.9 Å². The number of hydrogen-bond donors (Lipinski definition) is 2. The molecule has 4 heteroatoms. The van der Waals surface area contributed by atoms with Gasteiger partial charge in [0.15, 0.2) is 0 Å². The van der Waals surface area contributed by atoms with E-state index in [0.717, 1.165) is 25.7 Å². The number of carboxylic acid groups (broad SMARTS) is 2. The second kappa shape index (κ2) is 9.45. The van der Waals surface area contributed by atoms with E-state index >= 15 is 0 Å². The van der Waals surface area contributed by atoms with Crippen LogP contribution in [0.1, 0.15) is 51.9 Å². The highest BCUT2D eigenvalue weighted by Crippen LogP contribution is 2.13. The maximum atomic E-state index is 11.0. The molecule has 0 saturated heterocycles. The van der Waals surface area contributed by atoms with Crippen LogP contribution in [0.3, 0.4) is 0 Å². The standard InChI is InChI=1S/C14H22O4/c1-3-4-5-6-7-8-12(14(17)18)10-9-11(2)13(15)16/h10H,2-9H2,1H3,(H,15,16)(H,17,18). The van der Waals surface area contributed by atoms with Crippen molar-refractivity contribution in [1.29, 1.82) is 0 Å². The summed E-state index contributed by atoms with van der Waals surface area (Å²) in [5.74, 6) is -2.05. The first kappa shape index (κ1) is 16.4. The Bertz CT molecular complexity index is 329. The third-order valence-electron chi connectivity index (χ3n) is 2.72. The third kappa shape index (κ3) is 7.65. The summed E-state index contributed by atoms with van der Waals surface area (Å²) in [6.45, 7) is 5.49. The van der Waals surface area contributed by atoms with E-state index in [0.29, 0.717) is 6.42 Å². The summed E-state index contributed by atoms with van der Waals surface area (Å²) in [5.41, 5.74) is 0.300. The minimum atomic E-state index is -1.08. The van der Waals surface area contributed by atoms with Crippen LogP contribution >= 0.6 is 0 Å². The molecular formula is C14H22O4. The molecule has 102 valence electrons. The average Bonchev–Trinajstić information content (AvgIpc) is 2.31. The summed E-state index contributed by atoms with van der Waals surface area (Å²) in [5, 5.41) is 17.6. The number of carbonyl (C=O) groups is 2. The van der Waals surface area contributed by atoms with E-state index in [1.165, 1.54) is 12.5 Å². The fourth-order valence-corrected chi connectivity index (χ4v) is 1.55. The zero-order valence-electron chi connectivity index (χ0n) is 10.9. The van der Waals surface area contributed by atoms with Crippen LogP contribution in [0.4, 0.5) is 0 Å². The monoisotopic (exact) mass is 254 g/mol. The Morgan fingerprint density at radius 2 is 1.67 bits per heavy atom. The molecule has 0 aromatic rings. The normalized spacial score (nSPS) is 11.3. The molecule has 0 amide bonds. The molecule has 0 spiro atoms. The van der Waals surface area contributed by atoms with Gasteiger partial charge in [-0.1, -0.05) is 45.3 Å². The van der Waals surface area contributed by atoms with E-state index in [-0.39, 0.29) is 17.6 Å². The predicted octanol–water partition coefficient (Wildman–Crippen LogP) is 3.39. The quantitative estimate of drug-likeness (QED) is 0.463. The van der Waals surface area contributed by atoms with E-state index in [2.05, 4.69) is 13.5 Å². The molecular weight excluding hydrogens is 232 g/mol. The van der Waals surface area contributed by atoms with Gasteiger partial charge in [-0.25, -0.2) is 9.59 Å². The summed E-state index contributed by atoms with van der Waals surface area (Å²) < 4.78 is 0. The third-order valence-corrected chi connectivity index (χ3v) is 2.72. The molecule has 0 fully saturated rings. The highest BCUT2D eigenvalue weighted by molar-refractivity contribution is 5.88. The lowest BCUT2D eigenvalue weighted by molar-refractivity contribution is -0.134. The number of carboxylic acids is 2. The highest BCUT2D eigenvalue weighted by Gasteiger charge is 2.08. The van der Waals surface area contributed by atoms with E-state index in [1.54, 1.807) is 0 Å². The number of aliphatic carboxylic acids is 2. The zero-order valence-corrected chi connectivity index (χ0v) is 10.9. The van der Waals surface area contributed by atoms with Gasteiger partial charge in [-0.15, -0.1) is 0 Å². The number of hydrogen-bond acceptors (Lipinski definition) is 2. The molecule has 0 aromatic carbocycles. The number of rotatable bonds is 10. The number of unbranched alkanes of at least 4 members (excludes halogenated alkanes) is 4. The fourth-order valence-electron chi connectivity index (χ4n) is 1.55. The van der Waals surface area contributed by atoms with Gasteiger partial charge < -0.3 is 10.2 Å². The van der Waals surface area contributed by atoms with Crippen molar-refractivity contribution in [3.63, 3.8) is 0 Å². The smallest absolute Gasteiger partial charge is 0.331 e. The zero-order chi connectivity index (χ0) is 14.0. The first-order valence-corrected chi connectivity index (χ1v) is 6.32. The summed E-state index contributed by atoms with van der Waals surface area (Å²) in [4.78, 5) is 21.5. The van der Waals surface area contributed by atoms with Gasteiger partial charge in [-0.2, -0.15) is 0 Å². The molecule has 0 rings (SSSR count). The van der Waals surface area contributed by atoms with Gasteiger partial charge in [-0.3, -0.25) is 0 Å². The summed E-state index contributed by atoms with van der Waals surface area (Å²) >= 11 is 0. The summed E-state index contributed by atoms with van der Waals surface area (Å²) in [6.07, 6.45) is 7.32. The Hall–Kier alpha value is -1.58. The first-order chi connectivity index (χ1) is 8.49. The predicted molar refractivity (Wildman–Crippen MR) is 70.5 cm³/mol. The van der Waals surface area contributed by atoms with Crippen molar-refractivity contribution in [1.82, 2.24) is 0 Å². The van der Waals surface area contributed by atoms with Gasteiger partial charge >= 0.3 is 11.9 Å². The van der Waals surface area contributed by atoms with Gasteiger partial charge in [0.2, 0.25) is 0 Å². The van der Waals surface area contributed by atoms with Gasteiger partial charge in [0.05, 0.1) is 0 Å². The fraction of sp³-hybridized carbons (Fsp3) is 0.571. The number of allylic oxidation sites excluding steroid dienone is 1. The van der Waals surface area contributed by atoms with Crippen LogP contribution in [0.5, 0.6) is 0 Å². The van der Waals surface area contributed by atoms with E-state index in [1.807, 2.05) is 0 Å². The Labute approximate surface area is 108 Å². The molecule has 0 aromatic heterocycles. The average molecular weight is 254 g/mol. The Morgan fingerprint density at radius 1 is 1.06 bits per heavy atom. The van der Waals surface area contributed by atoms with Gasteiger partial charge in [0, 0.05) is 11.1 Å². The van der Waals surface area contributed by atoms with Crippen molar-refractivity contribution in [3.05, 3.63) is 23.8 Å².